The van der Waals surface area contributed by atoms with Crippen LogP contribution < -0.4 is 15.9 Å². The van der Waals surface area contributed by atoms with Gasteiger partial charge in [0.25, 0.3) is 0 Å². The van der Waals surface area contributed by atoms with Crippen molar-refractivity contribution in [2.75, 3.05) is 0 Å². The third-order valence-corrected chi connectivity index (χ3v) is 14.3. The van der Waals surface area contributed by atoms with Crippen LogP contribution in [0.25, 0.3) is 86.9 Å². The molecule has 0 bridgehead atoms. The second-order valence-electron chi connectivity index (χ2n) is 14.0. The summed E-state index contributed by atoms with van der Waals surface area (Å²) < 4.78 is 15.6. The van der Waals surface area contributed by atoms with Gasteiger partial charge < -0.3 is 4.57 Å². The average Bonchev–Trinajstić information content (AvgIpc) is 3.22. The standard InChI is InChI=1S/C50H31OP/c51-52(40-10-2-1-3-11-40,41-24-16-32(17-25-41)43-28-20-38-14-12-34-6-4-8-36-22-30-45(43)49(38)47(34)36)42-26-18-33(19-27-42)44-29-21-39-15-13-35-7-5-9-37-23-31-46(44)50(39)48(35)37/h1-31H. The van der Waals surface area contributed by atoms with Crippen LogP contribution in [0.3, 0.4) is 0 Å². The maximum Gasteiger partial charge on any atom is 0.171 e. The van der Waals surface area contributed by atoms with Gasteiger partial charge in [-0.3, -0.25) is 0 Å². The number of rotatable bonds is 5. The van der Waals surface area contributed by atoms with Crippen LogP contribution in [0.2, 0.25) is 0 Å². The van der Waals surface area contributed by atoms with Crippen LogP contribution in [0.4, 0.5) is 0 Å². The van der Waals surface area contributed by atoms with Crippen molar-refractivity contribution in [3.63, 3.8) is 0 Å². The molecule has 2 heteroatoms. The van der Waals surface area contributed by atoms with E-state index in [2.05, 4.69) is 158 Å². The van der Waals surface area contributed by atoms with Crippen LogP contribution >= 0.6 is 7.14 Å². The van der Waals surface area contributed by atoms with Gasteiger partial charge in [0.05, 0.1) is 0 Å². The van der Waals surface area contributed by atoms with Crippen molar-refractivity contribution in [2.45, 2.75) is 0 Å². The van der Waals surface area contributed by atoms with Crippen molar-refractivity contribution in [1.82, 2.24) is 0 Å². The molecule has 52 heavy (non-hydrogen) atoms. The van der Waals surface area contributed by atoms with Gasteiger partial charge >= 0.3 is 0 Å². The highest BCUT2D eigenvalue weighted by Gasteiger charge is 2.30. The lowest BCUT2D eigenvalue weighted by Crippen LogP contribution is -2.24. The van der Waals surface area contributed by atoms with Crippen molar-refractivity contribution < 1.29 is 4.57 Å². The van der Waals surface area contributed by atoms with E-state index in [0.717, 1.165) is 27.0 Å². The highest BCUT2D eigenvalue weighted by Crippen LogP contribution is 2.45. The Kier molecular flexibility index (Phi) is 6.30. The Hall–Kier alpha value is -6.27. The van der Waals surface area contributed by atoms with Gasteiger partial charge in [0.1, 0.15) is 0 Å². The molecule has 0 aliphatic rings. The molecule has 0 atom stereocenters. The molecule has 0 saturated carbocycles. The molecule has 0 saturated heterocycles. The molecule has 11 aromatic rings. The Morgan fingerprint density at radius 1 is 0.269 bits per heavy atom. The average molecular weight is 679 g/mol. The van der Waals surface area contributed by atoms with Crippen molar-refractivity contribution >= 4 is 87.7 Å². The van der Waals surface area contributed by atoms with Crippen LogP contribution in [0.15, 0.2) is 188 Å². The number of hydrogen-bond acceptors (Lipinski definition) is 1. The van der Waals surface area contributed by atoms with Gasteiger partial charge in [0.15, 0.2) is 7.14 Å². The minimum atomic E-state index is -3.19. The van der Waals surface area contributed by atoms with Crippen molar-refractivity contribution in [3.05, 3.63) is 188 Å². The third kappa shape index (κ3) is 4.21. The van der Waals surface area contributed by atoms with Gasteiger partial charge in [0, 0.05) is 15.9 Å². The summed E-state index contributed by atoms with van der Waals surface area (Å²) in [6.07, 6.45) is 0. The molecule has 0 aromatic heterocycles. The van der Waals surface area contributed by atoms with Crippen LogP contribution in [-0.4, -0.2) is 0 Å². The summed E-state index contributed by atoms with van der Waals surface area (Å²) in [6, 6.07) is 66.7. The maximum atomic E-state index is 15.6. The largest absolute Gasteiger partial charge is 0.309 e. The van der Waals surface area contributed by atoms with E-state index in [9.17, 15) is 0 Å². The number of benzene rings is 11. The van der Waals surface area contributed by atoms with Gasteiger partial charge in [-0.2, -0.15) is 0 Å². The molecule has 11 aromatic carbocycles. The molecule has 0 heterocycles. The Labute approximate surface area is 301 Å². The van der Waals surface area contributed by atoms with Crippen molar-refractivity contribution in [3.8, 4) is 22.3 Å². The summed E-state index contributed by atoms with van der Waals surface area (Å²) in [4.78, 5) is 0. The molecule has 0 aliphatic carbocycles. The predicted octanol–water partition coefficient (Wildman–Crippen LogP) is 12.5. The monoisotopic (exact) mass is 678 g/mol. The molecule has 0 amide bonds. The van der Waals surface area contributed by atoms with Crippen molar-refractivity contribution in [1.29, 1.82) is 0 Å². The minimum absolute atomic E-state index is 0.829. The molecular formula is C50H31OP. The summed E-state index contributed by atoms with van der Waals surface area (Å²) in [7, 11) is -3.19. The van der Waals surface area contributed by atoms with Crippen LogP contribution in [0.5, 0.6) is 0 Å². The molecule has 0 spiro atoms. The van der Waals surface area contributed by atoms with Crippen molar-refractivity contribution in [2.24, 2.45) is 0 Å². The maximum absolute atomic E-state index is 15.6. The second kappa shape index (κ2) is 11.1. The Morgan fingerprint density at radius 3 is 1.04 bits per heavy atom. The number of hydrogen-bond donors (Lipinski definition) is 0. The first-order valence-electron chi connectivity index (χ1n) is 17.9. The Balaban J connectivity index is 1.02. The van der Waals surface area contributed by atoms with Crippen LogP contribution in [-0.2, 0) is 4.57 Å². The topological polar surface area (TPSA) is 17.1 Å². The Morgan fingerprint density at radius 2 is 0.615 bits per heavy atom. The SMILES string of the molecule is O=P(c1ccccc1)(c1ccc(-c2ccc3ccc4cccc5ccc2c3c45)cc1)c1ccc(-c2ccc3ccc4cccc5ccc2c3c45)cc1. The summed E-state index contributed by atoms with van der Waals surface area (Å²) in [5.74, 6) is 0. The molecule has 1 nitrogen and oxygen atoms in total. The quantitative estimate of drug-likeness (QED) is 0.131. The third-order valence-electron chi connectivity index (χ3n) is 11.3. The fourth-order valence-electron chi connectivity index (χ4n) is 8.76. The minimum Gasteiger partial charge on any atom is -0.309 e. The summed E-state index contributed by atoms with van der Waals surface area (Å²) in [6.45, 7) is 0. The zero-order valence-electron chi connectivity index (χ0n) is 28.3. The normalized spacial score (nSPS) is 12.3. The molecule has 11 rings (SSSR count). The molecule has 0 aliphatic heterocycles. The summed E-state index contributed by atoms with van der Waals surface area (Å²) in [5.41, 5.74) is 4.60. The van der Waals surface area contributed by atoms with Gasteiger partial charge in [-0.25, -0.2) is 0 Å². The first-order valence-corrected chi connectivity index (χ1v) is 19.6. The smallest absolute Gasteiger partial charge is 0.171 e. The van der Waals surface area contributed by atoms with Crippen LogP contribution in [0.1, 0.15) is 0 Å². The zero-order chi connectivity index (χ0) is 34.4. The molecule has 0 radical (unpaired) electrons. The van der Waals surface area contributed by atoms with E-state index in [1.54, 1.807) is 0 Å². The Bertz CT molecular complexity index is 2950. The molecular weight excluding hydrogens is 648 g/mol. The van der Waals surface area contributed by atoms with Gasteiger partial charge in [-0.05, 0) is 86.9 Å². The van der Waals surface area contributed by atoms with E-state index in [-0.39, 0.29) is 0 Å². The lowest BCUT2D eigenvalue weighted by molar-refractivity contribution is 0.592. The summed E-state index contributed by atoms with van der Waals surface area (Å²) >= 11 is 0. The lowest BCUT2D eigenvalue weighted by Gasteiger charge is -2.21. The van der Waals surface area contributed by atoms with E-state index < -0.39 is 7.14 Å². The van der Waals surface area contributed by atoms with E-state index >= 15 is 4.57 Å². The fraction of sp³-hybridized carbons (Fsp3) is 0. The molecule has 0 unspecified atom stereocenters. The zero-order valence-corrected chi connectivity index (χ0v) is 29.1. The van der Waals surface area contributed by atoms with Crippen LogP contribution in [0, 0.1) is 0 Å². The molecule has 242 valence electrons. The summed E-state index contributed by atoms with van der Waals surface area (Å²) in [5, 5.41) is 17.7. The molecule has 0 N–H and O–H groups in total. The van der Waals surface area contributed by atoms with Gasteiger partial charge in [0.2, 0.25) is 0 Å². The fourth-order valence-corrected chi connectivity index (χ4v) is 11.4. The lowest BCUT2D eigenvalue weighted by atomic mass is 9.90. The van der Waals surface area contributed by atoms with Gasteiger partial charge in [-0.15, -0.1) is 0 Å². The predicted molar refractivity (Wildman–Crippen MR) is 224 cm³/mol. The first-order chi connectivity index (χ1) is 25.6. The molecule has 0 fully saturated rings. The first kappa shape index (κ1) is 29.5. The van der Waals surface area contributed by atoms with Gasteiger partial charge in [-0.1, -0.05) is 188 Å². The highest BCUT2D eigenvalue weighted by atomic mass is 31.2. The second-order valence-corrected chi connectivity index (χ2v) is 16.7. The van der Waals surface area contributed by atoms with E-state index in [0.29, 0.717) is 0 Å². The highest BCUT2D eigenvalue weighted by molar-refractivity contribution is 7.85. The van der Waals surface area contributed by atoms with E-state index in [1.165, 1.54) is 75.8 Å². The van der Waals surface area contributed by atoms with E-state index in [1.807, 2.05) is 30.3 Å². The van der Waals surface area contributed by atoms with E-state index in [4.69, 9.17) is 0 Å².